The zero-order chi connectivity index (χ0) is 13.1. The van der Waals surface area contributed by atoms with Gasteiger partial charge in [-0.3, -0.25) is 9.78 Å². The molecule has 0 saturated heterocycles. The average Bonchev–Trinajstić information content (AvgIpc) is 2.37. The minimum absolute atomic E-state index is 0.110. The van der Waals surface area contributed by atoms with Crippen LogP contribution in [0.5, 0.6) is 0 Å². The fourth-order valence-electron chi connectivity index (χ4n) is 1.27. The molecule has 0 saturated carbocycles. The predicted octanol–water partition coefficient (Wildman–Crippen LogP) is 1.78. The number of hydrogen-bond donors (Lipinski definition) is 1. The minimum Gasteiger partial charge on any atom is -0.372 e. The lowest BCUT2D eigenvalue weighted by atomic mass is 10.00. The standard InChI is InChI=1S/C12H20N4O/c1-6-12(2,3)16(5)11(17)9-7-14-8-10(13-4)15-9/h7-8H,6H2,1-5H3,(H,13,15). The van der Waals surface area contributed by atoms with Gasteiger partial charge in [-0.15, -0.1) is 0 Å². The summed E-state index contributed by atoms with van der Waals surface area (Å²) in [5.41, 5.74) is 0.176. The Morgan fingerprint density at radius 3 is 2.65 bits per heavy atom. The second-order valence-corrected chi connectivity index (χ2v) is 4.57. The highest BCUT2D eigenvalue weighted by Gasteiger charge is 2.27. The molecule has 1 rings (SSSR count). The summed E-state index contributed by atoms with van der Waals surface area (Å²) in [5, 5.41) is 2.87. The molecule has 0 atom stereocenters. The molecular formula is C12H20N4O. The van der Waals surface area contributed by atoms with Crippen LogP contribution in [0.3, 0.4) is 0 Å². The van der Waals surface area contributed by atoms with Crippen LogP contribution >= 0.6 is 0 Å². The van der Waals surface area contributed by atoms with E-state index in [9.17, 15) is 4.79 Å². The van der Waals surface area contributed by atoms with Crippen molar-refractivity contribution in [1.29, 1.82) is 0 Å². The summed E-state index contributed by atoms with van der Waals surface area (Å²) < 4.78 is 0. The molecule has 1 N–H and O–H groups in total. The molecule has 0 aliphatic heterocycles. The number of rotatable bonds is 4. The first-order chi connectivity index (χ1) is 7.92. The van der Waals surface area contributed by atoms with Crippen molar-refractivity contribution < 1.29 is 4.79 Å². The minimum atomic E-state index is -0.186. The molecule has 0 spiro atoms. The lowest BCUT2D eigenvalue weighted by Gasteiger charge is -2.34. The van der Waals surface area contributed by atoms with Gasteiger partial charge >= 0.3 is 0 Å². The molecule has 0 radical (unpaired) electrons. The summed E-state index contributed by atoms with van der Waals surface area (Å²) in [5.74, 6) is 0.486. The van der Waals surface area contributed by atoms with Crippen molar-refractivity contribution in [1.82, 2.24) is 14.9 Å². The zero-order valence-electron chi connectivity index (χ0n) is 11.1. The van der Waals surface area contributed by atoms with E-state index in [4.69, 9.17) is 0 Å². The van der Waals surface area contributed by atoms with Crippen molar-refractivity contribution >= 4 is 11.7 Å². The lowest BCUT2D eigenvalue weighted by molar-refractivity contribution is 0.0614. The Morgan fingerprint density at radius 2 is 2.12 bits per heavy atom. The highest BCUT2D eigenvalue weighted by molar-refractivity contribution is 5.92. The number of amides is 1. The summed E-state index contributed by atoms with van der Waals surface area (Å²) in [6.45, 7) is 6.11. The van der Waals surface area contributed by atoms with E-state index in [2.05, 4.69) is 22.2 Å². The fourth-order valence-corrected chi connectivity index (χ4v) is 1.27. The highest BCUT2D eigenvalue weighted by atomic mass is 16.2. The third-order valence-electron chi connectivity index (χ3n) is 3.19. The number of carbonyl (C=O) groups excluding carboxylic acids is 1. The summed E-state index contributed by atoms with van der Waals surface area (Å²) in [6.07, 6.45) is 3.96. The summed E-state index contributed by atoms with van der Waals surface area (Å²) >= 11 is 0. The number of nitrogens with zero attached hydrogens (tertiary/aromatic N) is 3. The topological polar surface area (TPSA) is 58.1 Å². The third-order valence-corrected chi connectivity index (χ3v) is 3.19. The molecular weight excluding hydrogens is 216 g/mol. The maximum absolute atomic E-state index is 12.2. The van der Waals surface area contributed by atoms with Crippen LogP contribution in [0.2, 0.25) is 0 Å². The number of anilines is 1. The molecule has 0 aromatic carbocycles. The monoisotopic (exact) mass is 236 g/mol. The van der Waals surface area contributed by atoms with Gasteiger partial charge < -0.3 is 10.2 Å². The average molecular weight is 236 g/mol. The maximum Gasteiger partial charge on any atom is 0.274 e. The van der Waals surface area contributed by atoms with Crippen LogP contribution in [0, 0.1) is 0 Å². The smallest absolute Gasteiger partial charge is 0.274 e. The molecule has 1 aromatic heterocycles. The lowest BCUT2D eigenvalue weighted by Crippen LogP contribution is -2.44. The molecule has 0 fully saturated rings. The van der Waals surface area contributed by atoms with Gasteiger partial charge in [0.1, 0.15) is 11.5 Å². The summed E-state index contributed by atoms with van der Waals surface area (Å²) in [6, 6.07) is 0. The van der Waals surface area contributed by atoms with Crippen LogP contribution < -0.4 is 5.32 Å². The quantitative estimate of drug-likeness (QED) is 0.865. The highest BCUT2D eigenvalue weighted by Crippen LogP contribution is 2.18. The molecule has 0 aliphatic rings. The molecule has 1 heterocycles. The van der Waals surface area contributed by atoms with Gasteiger partial charge in [-0.05, 0) is 20.3 Å². The fraction of sp³-hybridized carbons (Fsp3) is 0.583. The molecule has 94 valence electrons. The van der Waals surface area contributed by atoms with E-state index in [-0.39, 0.29) is 11.4 Å². The summed E-state index contributed by atoms with van der Waals surface area (Å²) in [7, 11) is 3.54. The van der Waals surface area contributed by atoms with E-state index in [1.807, 2.05) is 13.8 Å². The SMILES string of the molecule is CCC(C)(C)N(C)C(=O)c1cncc(NC)n1. The van der Waals surface area contributed by atoms with Crippen molar-refractivity contribution in [2.75, 3.05) is 19.4 Å². The van der Waals surface area contributed by atoms with Crippen molar-refractivity contribution in [3.63, 3.8) is 0 Å². The largest absolute Gasteiger partial charge is 0.372 e. The van der Waals surface area contributed by atoms with Crippen LogP contribution in [0.4, 0.5) is 5.82 Å². The van der Waals surface area contributed by atoms with E-state index < -0.39 is 0 Å². The Balaban J connectivity index is 2.96. The van der Waals surface area contributed by atoms with E-state index in [1.165, 1.54) is 6.20 Å². The molecule has 1 aromatic rings. The number of hydrogen-bond acceptors (Lipinski definition) is 4. The Labute approximate surface area is 102 Å². The van der Waals surface area contributed by atoms with Crippen LogP contribution in [0.25, 0.3) is 0 Å². The number of nitrogens with one attached hydrogen (secondary N) is 1. The molecule has 0 bridgehead atoms. The number of carbonyl (C=O) groups is 1. The van der Waals surface area contributed by atoms with Gasteiger partial charge in [-0.25, -0.2) is 4.98 Å². The molecule has 5 nitrogen and oxygen atoms in total. The Kier molecular flexibility index (Phi) is 4.04. The molecule has 0 unspecified atom stereocenters. The first kappa shape index (κ1) is 13.4. The van der Waals surface area contributed by atoms with Crippen LogP contribution in [-0.2, 0) is 0 Å². The van der Waals surface area contributed by atoms with Crippen molar-refractivity contribution in [2.45, 2.75) is 32.7 Å². The molecule has 0 aliphatic carbocycles. The van der Waals surface area contributed by atoms with Gasteiger partial charge in [0.05, 0.1) is 12.4 Å². The van der Waals surface area contributed by atoms with E-state index in [0.717, 1.165) is 6.42 Å². The first-order valence-electron chi connectivity index (χ1n) is 5.70. The Bertz CT molecular complexity index is 403. The van der Waals surface area contributed by atoms with Gasteiger partial charge in [0.2, 0.25) is 0 Å². The van der Waals surface area contributed by atoms with E-state index in [0.29, 0.717) is 11.5 Å². The van der Waals surface area contributed by atoms with Gasteiger partial charge in [-0.1, -0.05) is 6.92 Å². The van der Waals surface area contributed by atoms with Crippen LogP contribution in [0.1, 0.15) is 37.7 Å². The van der Waals surface area contributed by atoms with Crippen molar-refractivity contribution in [3.8, 4) is 0 Å². The second-order valence-electron chi connectivity index (χ2n) is 4.57. The molecule has 5 heteroatoms. The molecule has 1 amide bonds. The number of aromatic nitrogens is 2. The normalized spacial score (nSPS) is 11.1. The summed E-state index contributed by atoms with van der Waals surface area (Å²) in [4.78, 5) is 22.1. The third kappa shape index (κ3) is 2.93. The van der Waals surface area contributed by atoms with Crippen LogP contribution in [0.15, 0.2) is 12.4 Å². The Hall–Kier alpha value is -1.65. The first-order valence-corrected chi connectivity index (χ1v) is 5.70. The Morgan fingerprint density at radius 1 is 1.47 bits per heavy atom. The van der Waals surface area contributed by atoms with Gasteiger partial charge in [0, 0.05) is 19.6 Å². The van der Waals surface area contributed by atoms with E-state index >= 15 is 0 Å². The van der Waals surface area contributed by atoms with Gasteiger partial charge in [-0.2, -0.15) is 0 Å². The predicted molar refractivity (Wildman–Crippen MR) is 68.0 cm³/mol. The second kappa shape index (κ2) is 5.12. The zero-order valence-corrected chi connectivity index (χ0v) is 11.1. The molecule has 17 heavy (non-hydrogen) atoms. The van der Waals surface area contributed by atoms with Crippen LogP contribution in [-0.4, -0.2) is 40.4 Å². The maximum atomic E-state index is 12.2. The van der Waals surface area contributed by atoms with Crippen molar-refractivity contribution in [3.05, 3.63) is 18.1 Å². The van der Waals surface area contributed by atoms with E-state index in [1.54, 1.807) is 25.2 Å². The van der Waals surface area contributed by atoms with Gasteiger partial charge in [0.15, 0.2) is 0 Å². The van der Waals surface area contributed by atoms with Gasteiger partial charge in [0.25, 0.3) is 5.91 Å². The van der Waals surface area contributed by atoms with Crippen molar-refractivity contribution in [2.24, 2.45) is 0 Å².